The fraction of sp³-hybridized carbons (Fsp3) is 0. The summed E-state index contributed by atoms with van der Waals surface area (Å²) in [7, 11) is 0. The SMILES string of the molecule is Nc1c(Oc2ccc(Br)cc2)ncnc1-n1cnc2ccccc21. The van der Waals surface area contributed by atoms with E-state index in [1.807, 2.05) is 53.1 Å². The highest BCUT2D eigenvalue weighted by atomic mass is 79.9. The Morgan fingerprint density at radius 3 is 2.58 bits per heavy atom. The van der Waals surface area contributed by atoms with Crippen molar-refractivity contribution in [3.63, 3.8) is 0 Å². The van der Waals surface area contributed by atoms with E-state index in [2.05, 4.69) is 30.9 Å². The highest BCUT2D eigenvalue weighted by Crippen LogP contribution is 2.30. The Balaban J connectivity index is 1.77. The summed E-state index contributed by atoms with van der Waals surface area (Å²) in [5, 5.41) is 0. The Kier molecular flexibility index (Phi) is 3.62. The molecule has 0 aliphatic rings. The lowest BCUT2D eigenvalue weighted by molar-refractivity contribution is 0.464. The van der Waals surface area contributed by atoms with Crippen LogP contribution in [0.25, 0.3) is 16.9 Å². The molecule has 24 heavy (non-hydrogen) atoms. The van der Waals surface area contributed by atoms with Crippen molar-refractivity contribution in [2.24, 2.45) is 0 Å². The Hall–Kier alpha value is -2.93. The van der Waals surface area contributed by atoms with Crippen LogP contribution in [0.2, 0.25) is 0 Å². The number of rotatable bonds is 3. The molecule has 7 heteroatoms. The molecule has 118 valence electrons. The van der Waals surface area contributed by atoms with Gasteiger partial charge < -0.3 is 10.5 Å². The number of hydrogen-bond acceptors (Lipinski definition) is 5. The highest BCUT2D eigenvalue weighted by molar-refractivity contribution is 9.10. The van der Waals surface area contributed by atoms with Crippen molar-refractivity contribution >= 4 is 32.7 Å². The first-order chi connectivity index (χ1) is 11.7. The maximum absolute atomic E-state index is 6.24. The summed E-state index contributed by atoms with van der Waals surface area (Å²) in [4.78, 5) is 12.8. The van der Waals surface area contributed by atoms with E-state index in [-0.39, 0.29) is 0 Å². The van der Waals surface area contributed by atoms with Crippen LogP contribution < -0.4 is 10.5 Å². The van der Waals surface area contributed by atoms with Crippen molar-refractivity contribution in [2.45, 2.75) is 0 Å². The van der Waals surface area contributed by atoms with Gasteiger partial charge in [0.05, 0.1) is 11.0 Å². The lowest BCUT2D eigenvalue weighted by Gasteiger charge is -2.11. The zero-order valence-electron chi connectivity index (χ0n) is 12.4. The van der Waals surface area contributed by atoms with Crippen LogP contribution in [0.1, 0.15) is 0 Å². The predicted molar refractivity (Wildman–Crippen MR) is 95.3 cm³/mol. The summed E-state index contributed by atoms with van der Waals surface area (Å²) in [5.41, 5.74) is 8.37. The monoisotopic (exact) mass is 381 g/mol. The summed E-state index contributed by atoms with van der Waals surface area (Å²) in [6.45, 7) is 0. The zero-order chi connectivity index (χ0) is 16.5. The Bertz CT molecular complexity index is 1010. The van der Waals surface area contributed by atoms with Gasteiger partial charge in [-0.05, 0) is 36.4 Å². The number of hydrogen-bond donors (Lipinski definition) is 1. The summed E-state index contributed by atoms with van der Waals surface area (Å²) >= 11 is 3.39. The number of para-hydroxylation sites is 2. The van der Waals surface area contributed by atoms with E-state index in [4.69, 9.17) is 10.5 Å². The van der Waals surface area contributed by atoms with Gasteiger partial charge in [-0.15, -0.1) is 0 Å². The molecule has 2 aromatic carbocycles. The number of nitrogens with two attached hydrogens (primary N) is 1. The number of imidazole rings is 1. The molecule has 0 fully saturated rings. The minimum absolute atomic E-state index is 0.306. The zero-order valence-corrected chi connectivity index (χ0v) is 14.0. The number of nitrogens with zero attached hydrogens (tertiary/aromatic N) is 4. The third-order valence-electron chi connectivity index (χ3n) is 3.54. The lowest BCUT2D eigenvalue weighted by atomic mass is 10.3. The minimum atomic E-state index is 0.306. The van der Waals surface area contributed by atoms with Crippen molar-refractivity contribution in [1.29, 1.82) is 0 Å². The van der Waals surface area contributed by atoms with Crippen LogP contribution in [0.4, 0.5) is 5.69 Å². The fourth-order valence-electron chi connectivity index (χ4n) is 2.39. The molecule has 0 atom stereocenters. The molecule has 0 saturated heterocycles. The molecular weight excluding hydrogens is 370 g/mol. The number of benzene rings is 2. The lowest BCUT2D eigenvalue weighted by Crippen LogP contribution is -2.05. The first-order valence-corrected chi connectivity index (χ1v) is 7.98. The van der Waals surface area contributed by atoms with Gasteiger partial charge in [-0.3, -0.25) is 4.57 Å². The molecular formula is C17H12BrN5O. The number of halogens is 1. The van der Waals surface area contributed by atoms with Gasteiger partial charge in [0.15, 0.2) is 5.82 Å². The van der Waals surface area contributed by atoms with E-state index >= 15 is 0 Å². The smallest absolute Gasteiger partial charge is 0.248 e. The third-order valence-corrected chi connectivity index (χ3v) is 4.06. The van der Waals surface area contributed by atoms with Crippen molar-refractivity contribution in [2.75, 3.05) is 5.73 Å². The second kappa shape index (κ2) is 5.93. The van der Waals surface area contributed by atoms with E-state index in [1.54, 1.807) is 6.33 Å². The van der Waals surface area contributed by atoms with E-state index in [1.165, 1.54) is 6.33 Å². The first-order valence-electron chi connectivity index (χ1n) is 7.19. The van der Waals surface area contributed by atoms with Crippen LogP contribution in [0.5, 0.6) is 11.6 Å². The summed E-state index contributed by atoms with van der Waals surface area (Å²) in [6, 6.07) is 15.2. The molecule has 0 amide bonds. The minimum Gasteiger partial charge on any atom is -0.437 e. The number of anilines is 1. The van der Waals surface area contributed by atoms with Gasteiger partial charge in [-0.1, -0.05) is 28.1 Å². The number of fused-ring (bicyclic) bond motifs is 1. The molecule has 0 bridgehead atoms. The van der Waals surface area contributed by atoms with E-state index in [0.717, 1.165) is 15.5 Å². The molecule has 4 rings (SSSR count). The average Bonchev–Trinajstić information content (AvgIpc) is 3.03. The van der Waals surface area contributed by atoms with Gasteiger partial charge >= 0.3 is 0 Å². The van der Waals surface area contributed by atoms with Crippen LogP contribution >= 0.6 is 15.9 Å². The molecule has 2 heterocycles. The number of nitrogen functional groups attached to an aromatic ring is 1. The maximum atomic E-state index is 6.24. The van der Waals surface area contributed by atoms with Crippen molar-refractivity contribution in [3.8, 4) is 17.4 Å². The number of ether oxygens (including phenoxy) is 1. The van der Waals surface area contributed by atoms with Gasteiger partial charge in [0.2, 0.25) is 5.88 Å². The van der Waals surface area contributed by atoms with Gasteiger partial charge in [-0.2, -0.15) is 4.98 Å². The Labute approximate surface area is 146 Å². The number of aromatic nitrogens is 4. The Morgan fingerprint density at radius 1 is 0.958 bits per heavy atom. The quantitative estimate of drug-likeness (QED) is 0.581. The van der Waals surface area contributed by atoms with Gasteiger partial charge in [-0.25, -0.2) is 9.97 Å². The van der Waals surface area contributed by atoms with Gasteiger partial charge in [0, 0.05) is 4.47 Å². The molecule has 0 saturated carbocycles. The molecule has 0 aliphatic heterocycles. The maximum Gasteiger partial charge on any atom is 0.248 e. The summed E-state index contributed by atoms with van der Waals surface area (Å²) < 4.78 is 8.57. The molecule has 2 N–H and O–H groups in total. The van der Waals surface area contributed by atoms with Crippen LogP contribution in [0, 0.1) is 0 Å². The van der Waals surface area contributed by atoms with E-state index in [0.29, 0.717) is 23.1 Å². The predicted octanol–water partition coefficient (Wildman–Crippen LogP) is 3.95. The fourth-order valence-corrected chi connectivity index (χ4v) is 2.65. The van der Waals surface area contributed by atoms with Gasteiger partial charge in [0.25, 0.3) is 0 Å². The van der Waals surface area contributed by atoms with Crippen molar-refractivity contribution in [1.82, 2.24) is 19.5 Å². The van der Waals surface area contributed by atoms with Gasteiger partial charge in [0.1, 0.15) is 24.1 Å². The van der Waals surface area contributed by atoms with E-state index < -0.39 is 0 Å². The summed E-state index contributed by atoms with van der Waals surface area (Å²) in [6.07, 6.45) is 3.11. The molecule has 0 aliphatic carbocycles. The second-order valence-electron chi connectivity index (χ2n) is 5.08. The third kappa shape index (κ3) is 2.59. The standard InChI is InChI=1S/C17H12BrN5O/c18-11-5-7-12(8-6-11)24-17-15(19)16(20-9-21-17)23-10-22-13-3-1-2-4-14(13)23/h1-10H,19H2. The van der Waals surface area contributed by atoms with E-state index in [9.17, 15) is 0 Å². The second-order valence-corrected chi connectivity index (χ2v) is 5.99. The molecule has 0 radical (unpaired) electrons. The average molecular weight is 382 g/mol. The molecule has 0 unspecified atom stereocenters. The van der Waals surface area contributed by atoms with Crippen LogP contribution in [-0.4, -0.2) is 19.5 Å². The summed E-state index contributed by atoms with van der Waals surface area (Å²) in [5.74, 6) is 1.48. The van der Waals surface area contributed by atoms with Crippen molar-refractivity contribution < 1.29 is 4.74 Å². The molecule has 2 aromatic heterocycles. The van der Waals surface area contributed by atoms with Crippen LogP contribution in [-0.2, 0) is 0 Å². The molecule has 6 nitrogen and oxygen atoms in total. The highest BCUT2D eigenvalue weighted by Gasteiger charge is 2.14. The normalized spacial score (nSPS) is 10.9. The van der Waals surface area contributed by atoms with Crippen LogP contribution in [0.15, 0.2) is 65.7 Å². The largest absolute Gasteiger partial charge is 0.437 e. The topological polar surface area (TPSA) is 78.9 Å². The molecule has 4 aromatic rings. The Morgan fingerprint density at radius 2 is 1.75 bits per heavy atom. The van der Waals surface area contributed by atoms with Crippen molar-refractivity contribution in [3.05, 3.63) is 65.7 Å². The molecule has 0 spiro atoms. The first kappa shape index (κ1) is 14.6. The van der Waals surface area contributed by atoms with Crippen LogP contribution in [0.3, 0.4) is 0 Å².